The van der Waals surface area contributed by atoms with Crippen LogP contribution in [0, 0.1) is 0 Å². The van der Waals surface area contributed by atoms with E-state index in [9.17, 15) is 4.79 Å². The minimum absolute atomic E-state index is 0.380. The van der Waals surface area contributed by atoms with Crippen LogP contribution in [0.2, 0.25) is 0 Å². The van der Waals surface area contributed by atoms with Crippen LogP contribution < -0.4 is 0 Å². The molecule has 0 fully saturated rings. The van der Waals surface area contributed by atoms with E-state index in [4.69, 9.17) is 0 Å². The molecule has 0 aliphatic carbocycles. The summed E-state index contributed by atoms with van der Waals surface area (Å²) in [6.07, 6.45) is 5.20. The lowest BCUT2D eigenvalue weighted by atomic mass is 10.2. The van der Waals surface area contributed by atoms with Crippen LogP contribution in [0.15, 0.2) is 39.8 Å². The van der Waals surface area contributed by atoms with Crippen molar-refractivity contribution in [2.24, 2.45) is 4.99 Å². The second kappa shape index (κ2) is 5.46. The summed E-state index contributed by atoms with van der Waals surface area (Å²) in [5.41, 5.74) is 1.07. The molecule has 0 radical (unpaired) electrons. The van der Waals surface area contributed by atoms with Gasteiger partial charge in [-0.05, 0) is 11.6 Å². The van der Waals surface area contributed by atoms with Gasteiger partial charge in [-0.15, -0.1) is 0 Å². The lowest BCUT2D eigenvalue weighted by molar-refractivity contribution is 0.564. The molecule has 0 spiro atoms. The molecule has 0 unspecified atom stereocenters. The second-order valence-electron chi connectivity index (χ2n) is 2.36. The zero-order chi connectivity index (χ0) is 9.52. The third kappa shape index (κ3) is 3.36. The quantitative estimate of drug-likeness (QED) is 0.588. The van der Waals surface area contributed by atoms with Gasteiger partial charge in [-0.25, -0.2) is 9.79 Å². The summed E-state index contributed by atoms with van der Waals surface area (Å²) in [7, 11) is 0. The molecule has 0 aromatic heterocycles. The molecular weight excluding hydrogens is 230 g/mol. The van der Waals surface area contributed by atoms with Gasteiger partial charge in [0.05, 0.1) is 6.54 Å². The van der Waals surface area contributed by atoms with Gasteiger partial charge in [-0.2, -0.15) is 0 Å². The van der Waals surface area contributed by atoms with Crippen molar-refractivity contribution in [1.29, 1.82) is 0 Å². The molecule has 0 amide bonds. The Morgan fingerprint density at radius 1 is 1.46 bits per heavy atom. The van der Waals surface area contributed by atoms with Crippen LogP contribution in [0.25, 0.3) is 6.08 Å². The molecule has 0 aliphatic rings. The normalized spacial score (nSPS) is 9.92. The lowest BCUT2D eigenvalue weighted by Gasteiger charge is -1.95. The van der Waals surface area contributed by atoms with Gasteiger partial charge < -0.3 is 0 Å². The zero-order valence-corrected chi connectivity index (χ0v) is 8.49. The van der Waals surface area contributed by atoms with Crippen LogP contribution in [0.3, 0.4) is 0 Å². The molecule has 1 aromatic carbocycles. The highest BCUT2D eigenvalue weighted by molar-refractivity contribution is 9.10. The Kier molecular flexibility index (Phi) is 4.16. The zero-order valence-electron chi connectivity index (χ0n) is 6.90. The fraction of sp³-hybridized carbons (Fsp3) is 0.100. The first-order valence-corrected chi connectivity index (χ1v) is 4.58. The van der Waals surface area contributed by atoms with Crippen molar-refractivity contribution in [3.63, 3.8) is 0 Å². The molecule has 0 aliphatic heterocycles. The highest BCUT2D eigenvalue weighted by atomic mass is 79.9. The Hall–Kier alpha value is -1.18. The third-order valence-corrected chi connectivity index (χ3v) is 2.19. The molecule has 66 valence electrons. The molecule has 0 N–H and O–H groups in total. The van der Waals surface area contributed by atoms with E-state index in [0.29, 0.717) is 6.54 Å². The number of aliphatic imine (C=N–C) groups is 1. The Balaban J connectivity index is 2.68. The molecule has 0 bridgehead atoms. The Morgan fingerprint density at radius 3 is 2.92 bits per heavy atom. The number of rotatable bonds is 3. The highest BCUT2D eigenvalue weighted by Crippen LogP contribution is 2.16. The van der Waals surface area contributed by atoms with E-state index in [2.05, 4.69) is 20.9 Å². The van der Waals surface area contributed by atoms with E-state index in [0.717, 1.165) is 10.0 Å². The average molecular weight is 238 g/mol. The monoisotopic (exact) mass is 237 g/mol. The van der Waals surface area contributed by atoms with E-state index >= 15 is 0 Å². The van der Waals surface area contributed by atoms with Gasteiger partial charge >= 0.3 is 0 Å². The first-order valence-electron chi connectivity index (χ1n) is 3.79. The summed E-state index contributed by atoms with van der Waals surface area (Å²) in [4.78, 5) is 13.2. The van der Waals surface area contributed by atoms with Gasteiger partial charge in [-0.3, -0.25) is 0 Å². The van der Waals surface area contributed by atoms with E-state index in [1.807, 2.05) is 36.4 Å². The van der Waals surface area contributed by atoms with Crippen LogP contribution in [-0.2, 0) is 4.79 Å². The highest BCUT2D eigenvalue weighted by Gasteiger charge is 1.90. The van der Waals surface area contributed by atoms with Crippen molar-refractivity contribution in [2.45, 2.75) is 0 Å². The van der Waals surface area contributed by atoms with E-state index in [1.165, 1.54) is 6.08 Å². The third-order valence-electron chi connectivity index (χ3n) is 1.46. The summed E-state index contributed by atoms with van der Waals surface area (Å²) in [6.45, 7) is 0.380. The van der Waals surface area contributed by atoms with E-state index in [-0.39, 0.29) is 0 Å². The molecule has 0 atom stereocenters. The van der Waals surface area contributed by atoms with Gasteiger partial charge in [0.1, 0.15) is 0 Å². The fourth-order valence-electron chi connectivity index (χ4n) is 0.880. The van der Waals surface area contributed by atoms with Crippen molar-refractivity contribution in [2.75, 3.05) is 6.54 Å². The number of carbonyl (C=O) groups excluding carboxylic acids is 1. The van der Waals surface area contributed by atoms with Gasteiger partial charge in [-0.1, -0.05) is 46.3 Å². The molecule has 0 heterocycles. The minimum Gasteiger partial charge on any atom is -0.211 e. The standard InChI is InChI=1S/C10H8BrNO/c11-10-6-2-1-4-9(10)5-3-7-12-8-13/h1-6H,7H2/b5-3-. The molecule has 3 heteroatoms. The number of isocyanates is 1. The second-order valence-corrected chi connectivity index (χ2v) is 3.21. The SMILES string of the molecule is O=C=NC/C=C\c1ccccc1Br. The number of benzene rings is 1. The molecule has 2 nitrogen and oxygen atoms in total. The van der Waals surface area contributed by atoms with Gasteiger partial charge in [0.15, 0.2) is 0 Å². The summed E-state index contributed by atoms with van der Waals surface area (Å²) >= 11 is 3.41. The van der Waals surface area contributed by atoms with E-state index < -0.39 is 0 Å². The number of hydrogen-bond donors (Lipinski definition) is 0. The molecule has 1 rings (SSSR count). The Bertz CT molecular complexity index is 354. The Morgan fingerprint density at radius 2 is 2.23 bits per heavy atom. The Labute approximate surface area is 85.1 Å². The molecule has 0 saturated carbocycles. The first-order chi connectivity index (χ1) is 6.34. The van der Waals surface area contributed by atoms with Crippen molar-refractivity contribution < 1.29 is 4.79 Å². The van der Waals surface area contributed by atoms with Crippen molar-refractivity contribution >= 4 is 28.1 Å². The summed E-state index contributed by atoms with van der Waals surface area (Å²) in [5.74, 6) is 0. The van der Waals surface area contributed by atoms with Crippen LogP contribution in [0.5, 0.6) is 0 Å². The maximum atomic E-state index is 9.75. The number of hydrogen-bond acceptors (Lipinski definition) is 2. The van der Waals surface area contributed by atoms with Crippen LogP contribution in [0.1, 0.15) is 5.56 Å². The van der Waals surface area contributed by atoms with Crippen molar-refractivity contribution in [3.8, 4) is 0 Å². The maximum Gasteiger partial charge on any atom is 0.235 e. The summed E-state index contributed by atoms with van der Waals surface area (Å²) in [5, 5.41) is 0. The smallest absolute Gasteiger partial charge is 0.211 e. The van der Waals surface area contributed by atoms with Crippen molar-refractivity contribution in [1.82, 2.24) is 0 Å². The first kappa shape index (κ1) is 9.90. The largest absolute Gasteiger partial charge is 0.235 e. The number of nitrogens with zero attached hydrogens (tertiary/aromatic N) is 1. The van der Waals surface area contributed by atoms with Crippen molar-refractivity contribution in [3.05, 3.63) is 40.4 Å². The van der Waals surface area contributed by atoms with Crippen LogP contribution in [0.4, 0.5) is 0 Å². The topological polar surface area (TPSA) is 29.4 Å². The number of halogens is 1. The van der Waals surface area contributed by atoms with Gasteiger partial charge in [0.25, 0.3) is 0 Å². The predicted octanol–water partition coefficient (Wildman–Crippen LogP) is 2.80. The van der Waals surface area contributed by atoms with Crippen LogP contribution >= 0.6 is 15.9 Å². The summed E-state index contributed by atoms with van der Waals surface area (Å²) in [6, 6.07) is 7.84. The van der Waals surface area contributed by atoms with Crippen LogP contribution in [-0.4, -0.2) is 12.6 Å². The maximum absolute atomic E-state index is 9.75. The van der Waals surface area contributed by atoms with Gasteiger partial charge in [0, 0.05) is 4.47 Å². The van der Waals surface area contributed by atoms with E-state index in [1.54, 1.807) is 0 Å². The average Bonchev–Trinajstić information content (AvgIpc) is 2.15. The predicted molar refractivity (Wildman–Crippen MR) is 56.2 cm³/mol. The fourth-order valence-corrected chi connectivity index (χ4v) is 1.30. The van der Waals surface area contributed by atoms with Gasteiger partial charge in [0.2, 0.25) is 6.08 Å². The minimum atomic E-state index is 0.380. The molecule has 1 aromatic rings. The summed E-state index contributed by atoms with van der Waals surface area (Å²) < 4.78 is 1.03. The molecule has 0 saturated heterocycles. The molecule has 13 heavy (non-hydrogen) atoms. The lowest BCUT2D eigenvalue weighted by Crippen LogP contribution is -1.75. The molecular formula is C10H8BrNO.